The number of nitrogens with zero attached hydrogens (tertiary/aromatic N) is 3. The highest BCUT2D eigenvalue weighted by atomic mass is 79.9. The summed E-state index contributed by atoms with van der Waals surface area (Å²) in [5.41, 5.74) is 1.59. The van der Waals surface area contributed by atoms with Crippen LogP contribution in [-0.2, 0) is 0 Å². The Labute approximate surface area is 140 Å². The number of carbonyl (C=O) groups is 1. The lowest BCUT2D eigenvalue weighted by Gasteiger charge is -2.11. The van der Waals surface area contributed by atoms with Gasteiger partial charge in [-0.25, -0.2) is 9.67 Å². The number of halogens is 2. The van der Waals surface area contributed by atoms with Crippen molar-refractivity contribution in [2.45, 2.75) is 0 Å². The maximum absolute atomic E-state index is 12.6. The summed E-state index contributed by atoms with van der Waals surface area (Å²) in [6.45, 7) is 0. The number of hydrogen-bond acceptors (Lipinski definition) is 3. The van der Waals surface area contributed by atoms with Gasteiger partial charge in [0, 0.05) is 10.2 Å². The van der Waals surface area contributed by atoms with Crippen LogP contribution >= 0.6 is 27.5 Å². The molecule has 3 rings (SSSR count). The van der Waals surface area contributed by atoms with E-state index >= 15 is 0 Å². The third kappa shape index (κ3) is 3.03. The zero-order chi connectivity index (χ0) is 15.5. The fourth-order valence-corrected chi connectivity index (χ4v) is 2.51. The number of carbonyl (C=O) groups excluding carboxylic acids is 1. The number of hydrogen-bond donors (Lipinski definition) is 1. The molecule has 0 radical (unpaired) electrons. The van der Waals surface area contributed by atoms with Crippen LogP contribution in [-0.4, -0.2) is 20.7 Å². The Balaban J connectivity index is 1.97. The first kappa shape index (κ1) is 14.7. The average molecular weight is 378 g/mol. The molecule has 0 atom stereocenters. The van der Waals surface area contributed by atoms with Crippen molar-refractivity contribution in [1.29, 1.82) is 0 Å². The van der Waals surface area contributed by atoms with E-state index in [0.717, 1.165) is 4.47 Å². The second kappa shape index (κ2) is 6.29. The Morgan fingerprint density at radius 2 is 1.95 bits per heavy atom. The Hall–Kier alpha value is -2.18. The van der Waals surface area contributed by atoms with Crippen LogP contribution < -0.4 is 5.32 Å². The molecule has 1 aromatic heterocycles. The van der Waals surface area contributed by atoms with Crippen LogP contribution in [0, 0.1) is 0 Å². The van der Waals surface area contributed by atoms with Crippen LogP contribution in [0.4, 0.5) is 5.69 Å². The van der Waals surface area contributed by atoms with Crippen molar-refractivity contribution in [3.8, 4) is 5.69 Å². The molecule has 7 heteroatoms. The normalized spacial score (nSPS) is 10.5. The summed E-state index contributed by atoms with van der Waals surface area (Å²) in [4.78, 5) is 16.5. The summed E-state index contributed by atoms with van der Waals surface area (Å²) >= 11 is 9.56. The van der Waals surface area contributed by atoms with Gasteiger partial charge >= 0.3 is 0 Å². The van der Waals surface area contributed by atoms with Gasteiger partial charge in [0.1, 0.15) is 12.7 Å². The molecule has 5 nitrogen and oxygen atoms in total. The first-order chi connectivity index (χ1) is 10.6. The highest BCUT2D eigenvalue weighted by Crippen LogP contribution is 2.24. The maximum atomic E-state index is 12.6. The minimum atomic E-state index is -0.307. The summed E-state index contributed by atoms with van der Waals surface area (Å²) in [6, 6.07) is 12.5. The molecule has 0 spiro atoms. The van der Waals surface area contributed by atoms with Crippen LogP contribution in [0.1, 0.15) is 10.4 Å². The van der Waals surface area contributed by atoms with E-state index in [0.29, 0.717) is 22.0 Å². The lowest BCUT2D eigenvalue weighted by Crippen LogP contribution is -2.16. The molecule has 1 N–H and O–H groups in total. The van der Waals surface area contributed by atoms with E-state index in [1.165, 1.54) is 17.3 Å². The minimum absolute atomic E-state index is 0.307. The molecule has 0 aliphatic rings. The highest BCUT2D eigenvalue weighted by Gasteiger charge is 2.17. The first-order valence-corrected chi connectivity index (χ1v) is 7.52. The maximum Gasteiger partial charge on any atom is 0.259 e. The molecule has 110 valence electrons. The van der Waals surface area contributed by atoms with Crippen LogP contribution in [0.3, 0.4) is 0 Å². The van der Waals surface area contributed by atoms with E-state index in [1.54, 1.807) is 30.3 Å². The Bertz CT molecular complexity index is 803. The number of aromatic nitrogens is 3. The molecule has 1 amide bonds. The molecule has 2 aromatic carbocycles. The number of benzene rings is 2. The molecule has 0 aliphatic heterocycles. The van der Waals surface area contributed by atoms with Gasteiger partial charge in [-0.15, -0.1) is 0 Å². The van der Waals surface area contributed by atoms with Crippen LogP contribution in [0.25, 0.3) is 5.69 Å². The fraction of sp³-hybridized carbons (Fsp3) is 0. The summed E-state index contributed by atoms with van der Waals surface area (Å²) in [5.74, 6) is -0.307. The number of nitrogens with one attached hydrogen (secondary N) is 1. The van der Waals surface area contributed by atoms with Gasteiger partial charge < -0.3 is 5.32 Å². The molecule has 0 aliphatic carbocycles. The van der Waals surface area contributed by atoms with Crippen molar-refractivity contribution in [3.63, 3.8) is 0 Å². The lowest BCUT2D eigenvalue weighted by atomic mass is 10.1. The monoisotopic (exact) mass is 376 g/mol. The number of anilines is 1. The van der Waals surface area contributed by atoms with Gasteiger partial charge in [-0.2, -0.15) is 5.10 Å². The predicted octanol–water partition coefficient (Wildman–Crippen LogP) is 3.94. The average Bonchev–Trinajstić information content (AvgIpc) is 3.03. The van der Waals surface area contributed by atoms with Crippen molar-refractivity contribution in [3.05, 3.63) is 70.2 Å². The molecule has 0 saturated heterocycles. The van der Waals surface area contributed by atoms with Crippen molar-refractivity contribution in [1.82, 2.24) is 14.8 Å². The zero-order valence-electron chi connectivity index (χ0n) is 11.2. The molecule has 0 saturated carbocycles. The Kier molecular flexibility index (Phi) is 4.22. The quantitative estimate of drug-likeness (QED) is 0.752. The molecule has 0 bridgehead atoms. The summed E-state index contributed by atoms with van der Waals surface area (Å²) in [7, 11) is 0. The topological polar surface area (TPSA) is 59.8 Å². The van der Waals surface area contributed by atoms with Gasteiger partial charge in [0.25, 0.3) is 5.91 Å². The fourth-order valence-electron chi connectivity index (χ4n) is 1.99. The van der Waals surface area contributed by atoms with E-state index in [-0.39, 0.29) is 5.91 Å². The predicted molar refractivity (Wildman–Crippen MR) is 88.5 cm³/mol. The second-order valence-corrected chi connectivity index (χ2v) is 5.76. The van der Waals surface area contributed by atoms with Crippen molar-refractivity contribution >= 4 is 39.1 Å². The van der Waals surface area contributed by atoms with Crippen LogP contribution in [0.15, 0.2) is 59.6 Å². The summed E-state index contributed by atoms with van der Waals surface area (Å²) < 4.78 is 2.44. The molecular formula is C15H10BrClN4O. The summed E-state index contributed by atoms with van der Waals surface area (Å²) in [6.07, 6.45) is 2.92. The third-order valence-electron chi connectivity index (χ3n) is 2.99. The van der Waals surface area contributed by atoms with E-state index < -0.39 is 0 Å². The Morgan fingerprint density at radius 3 is 2.64 bits per heavy atom. The molecular weight excluding hydrogens is 368 g/mol. The van der Waals surface area contributed by atoms with Gasteiger partial charge in [0.15, 0.2) is 0 Å². The highest BCUT2D eigenvalue weighted by molar-refractivity contribution is 9.10. The molecule has 3 aromatic rings. The standard InChI is InChI=1S/C15H10BrClN4O/c16-10-4-6-11(7-5-10)20-15(22)14-12(17)2-1-3-13(14)21-9-18-8-19-21/h1-9H,(H,20,22). The lowest BCUT2D eigenvalue weighted by molar-refractivity contribution is 0.102. The SMILES string of the molecule is O=C(Nc1ccc(Br)cc1)c1c(Cl)cccc1-n1cncn1. The van der Waals surface area contributed by atoms with Crippen LogP contribution in [0.2, 0.25) is 5.02 Å². The molecule has 0 unspecified atom stereocenters. The van der Waals surface area contributed by atoms with E-state index in [2.05, 4.69) is 31.3 Å². The van der Waals surface area contributed by atoms with Gasteiger partial charge in [-0.3, -0.25) is 4.79 Å². The number of rotatable bonds is 3. The first-order valence-electron chi connectivity index (χ1n) is 6.35. The van der Waals surface area contributed by atoms with E-state index in [1.807, 2.05) is 12.1 Å². The van der Waals surface area contributed by atoms with Crippen molar-refractivity contribution in [2.24, 2.45) is 0 Å². The van der Waals surface area contributed by atoms with Gasteiger partial charge in [0.05, 0.1) is 16.3 Å². The summed E-state index contributed by atoms with van der Waals surface area (Å²) in [5, 5.41) is 7.22. The van der Waals surface area contributed by atoms with Gasteiger partial charge in [-0.05, 0) is 36.4 Å². The molecule has 0 fully saturated rings. The van der Waals surface area contributed by atoms with Crippen LogP contribution in [0.5, 0.6) is 0 Å². The Morgan fingerprint density at radius 1 is 1.18 bits per heavy atom. The molecule has 1 heterocycles. The zero-order valence-corrected chi connectivity index (χ0v) is 13.5. The van der Waals surface area contributed by atoms with Gasteiger partial charge in [-0.1, -0.05) is 33.6 Å². The van der Waals surface area contributed by atoms with Crippen molar-refractivity contribution in [2.75, 3.05) is 5.32 Å². The second-order valence-electron chi connectivity index (χ2n) is 4.44. The minimum Gasteiger partial charge on any atom is -0.322 e. The van der Waals surface area contributed by atoms with Gasteiger partial charge in [0.2, 0.25) is 0 Å². The third-order valence-corrected chi connectivity index (χ3v) is 3.83. The molecule has 22 heavy (non-hydrogen) atoms. The smallest absolute Gasteiger partial charge is 0.259 e. The van der Waals surface area contributed by atoms with E-state index in [9.17, 15) is 4.79 Å². The number of amides is 1. The van der Waals surface area contributed by atoms with Crippen molar-refractivity contribution < 1.29 is 4.79 Å². The van der Waals surface area contributed by atoms with E-state index in [4.69, 9.17) is 11.6 Å². The largest absolute Gasteiger partial charge is 0.322 e.